The maximum Gasteiger partial charge on any atom is 0.233 e. The molecule has 0 radical (unpaired) electrons. The highest BCUT2D eigenvalue weighted by Crippen LogP contribution is 2.25. The van der Waals surface area contributed by atoms with Crippen molar-refractivity contribution in [3.63, 3.8) is 0 Å². The van der Waals surface area contributed by atoms with E-state index in [1.54, 1.807) is 0 Å². The van der Waals surface area contributed by atoms with E-state index in [9.17, 15) is 0 Å². The van der Waals surface area contributed by atoms with Gasteiger partial charge in [-0.05, 0) is 113 Å². The van der Waals surface area contributed by atoms with Crippen molar-refractivity contribution >= 4 is 81.8 Å². The van der Waals surface area contributed by atoms with Crippen LogP contribution in [0.2, 0.25) is 26.4 Å². The Morgan fingerprint density at radius 1 is 0.366 bits per heavy atom. The van der Waals surface area contributed by atoms with Crippen molar-refractivity contribution in [2.24, 2.45) is 0 Å². The molecule has 224 valence electrons. The lowest BCUT2D eigenvalue weighted by Gasteiger charge is -2.37. The second kappa shape index (κ2) is 14.2. The summed E-state index contributed by atoms with van der Waals surface area (Å²) in [5, 5.41) is 0.0158. The van der Waals surface area contributed by atoms with E-state index in [0.29, 0.717) is 37.1 Å². The van der Waals surface area contributed by atoms with Gasteiger partial charge in [0.25, 0.3) is 0 Å². The first kappa shape index (κ1) is 33.2. The van der Waals surface area contributed by atoms with Gasteiger partial charge in [0.2, 0.25) is 50.2 Å². The fourth-order valence-corrected chi connectivity index (χ4v) is 4.49. The predicted molar refractivity (Wildman–Crippen MR) is 165 cm³/mol. The summed E-state index contributed by atoms with van der Waals surface area (Å²) in [5.41, 5.74) is 0. The molecule has 3 rings (SSSR count). The summed E-state index contributed by atoms with van der Waals surface area (Å²) in [4.78, 5) is 46.3. The number of nitrogens with zero attached hydrogens (tertiary/aromatic N) is 13. The van der Waals surface area contributed by atoms with Crippen LogP contribution in [-0.2, 0) is 0 Å². The SMILES string of the molecule is CC(C)N(CN(c1nc(Cl)nc(N(CN(c2nc(Cl)nc(Cl)n2)C(C)C)C(C)C)n1)C(C)C)c1nc(Cl)nc(Cl)n1. The molecule has 41 heavy (non-hydrogen) atoms. The second-order valence-electron chi connectivity index (χ2n) is 10.1. The highest BCUT2D eigenvalue weighted by molar-refractivity contribution is 6.31. The molecule has 0 aromatic carbocycles. The van der Waals surface area contributed by atoms with E-state index in [0.717, 1.165) is 0 Å². The highest BCUT2D eigenvalue weighted by Gasteiger charge is 2.27. The van der Waals surface area contributed by atoms with Crippen molar-refractivity contribution in [1.82, 2.24) is 44.9 Å². The lowest BCUT2D eigenvalue weighted by atomic mass is 10.3. The molecule has 0 bridgehead atoms. The van der Waals surface area contributed by atoms with Gasteiger partial charge in [-0.3, -0.25) is 0 Å². The Morgan fingerprint density at radius 2 is 0.561 bits per heavy atom. The third-order valence-corrected chi connectivity index (χ3v) is 6.70. The first-order valence-corrected chi connectivity index (χ1v) is 14.7. The number of aromatic nitrogens is 9. The van der Waals surface area contributed by atoms with E-state index < -0.39 is 0 Å². The van der Waals surface area contributed by atoms with Gasteiger partial charge in [-0.15, -0.1) is 0 Å². The summed E-state index contributed by atoms with van der Waals surface area (Å²) in [6.07, 6.45) is 0. The molecule has 0 aliphatic rings. The zero-order valence-corrected chi connectivity index (χ0v) is 27.7. The largest absolute Gasteiger partial charge is 0.320 e. The summed E-state index contributed by atoms with van der Waals surface area (Å²) >= 11 is 30.8. The number of halogens is 5. The van der Waals surface area contributed by atoms with Gasteiger partial charge in [-0.2, -0.15) is 44.9 Å². The molecule has 13 nitrogen and oxygen atoms in total. The summed E-state index contributed by atoms with van der Waals surface area (Å²) in [6.45, 7) is 16.6. The fourth-order valence-electron chi connectivity index (χ4n) is 3.63. The summed E-state index contributed by atoms with van der Waals surface area (Å²) in [5.74, 6) is 1.36. The summed E-state index contributed by atoms with van der Waals surface area (Å²) in [7, 11) is 0. The molecule has 18 heteroatoms. The molecule has 0 spiro atoms. The first-order valence-electron chi connectivity index (χ1n) is 12.8. The molecule has 3 aromatic rings. The Labute approximate surface area is 264 Å². The molecule has 0 aliphatic carbocycles. The van der Waals surface area contributed by atoms with Gasteiger partial charge in [0.15, 0.2) is 0 Å². The lowest BCUT2D eigenvalue weighted by molar-refractivity contribution is 0.573. The molecule has 0 atom stereocenters. The molecule has 3 aromatic heterocycles. The molecule has 0 N–H and O–H groups in total. The normalized spacial score (nSPS) is 11.6. The monoisotopic (exact) mass is 665 g/mol. The van der Waals surface area contributed by atoms with Crippen LogP contribution in [0, 0.1) is 0 Å². The lowest BCUT2D eigenvalue weighted by Crippen LogP contribution is -2.48. The predicted octanol–water partition coefficient (Wildman–Crippen LogP) is 5.68. The molecule has 0 aliphatic heterocycles. The number of hydrogen-bond acceptors (Lipinski definition) is 13. The third kappa shape index (κ3) is 8.84. The smallest absolute Gasteiger partial charge is 0.233 e. The van der Waals surface area contributed by atoms with Gasteiger partial charge in [0, 0.05) is 24.2 Å². The Kier molecular flexibility index (Phi) is 11.5. The van der Waals surface area contributed by atoms with E-state index in [-0.39, 0.29) is 50.6 Å². The van der Waals surface area contributed by atoms with Gasteiger partial charge in [-0.1, -0.05) is 0 Å². The van der Waals surface area contributed by atoms with E-state index in [1.165, 1.54) is 0 Å². The van der Waals surface area contributed by atoms with Gasteiger partial charge in [-0.25, -0.2) is 0 Å². The molecule has 3 heterocycles. The Hall–Kier alpha value is -2.32. The van der Waals surface area contributed by atoms with E-state index in [2.05, 4.69) is 39.9 Å². The Bertz CT molecular complexity index is 1190. The van der Waals surface area contributed by atoms with Crippen molar-refractivity contribution in [2.45, 2.75) is 79.6 Å². The molecular weight excluding hydrogens is 636 g/mol. The average molecular weight is 668 g/mol. The molecule has 0 amide bonds. The van der Waals surface area contributed by atoms with Gasteiger partial charge < -0.3 is 19.6 Å². The number of hydrogen-bond donors (Lipinski definition) is 0. The Balaban J connectivity index is 2.02. The Morgan fingerprint density at radius 3 is 0.780 bits per heavy atom. The second-order valence-corrected chi connectivity index (χ2v) is 11.8. The number of rotatable bonds is 12. The minimum absolute atomic E-state index is 0.00438. The first-order chi connectivity index (χ1) is 19.2. The van der Waals surface area contributed by atoms with Crippen LogP contribution in [0.1, 0.15) is 55.4 Å². The minimum Gasteiger partial charge on any atom is -0.320 e. The van der Waals surface area contributed by atoms with Crippen molar-refractivity contribution in [3.05, 3.63) is 26.4 Å². The highest BCUT2D eigenvalue weighted by atomic mass is 35.5. The van der Waals surface area contributed by atoms with Crippen LogP contribution in [0.3, 0.4) is 0 Å². The summed E-state index contributed by atoms with van der Waals surface area (Å²) < 4.78 is 0. The van der Waals surface area contributed by atoms with Crippen LogP contribution in [0.4, 0.5) is 23.8 Å². The van der Waals surface area contributed by atoms with E-state index in [1.807, 2.05) is 75.0 Å². The van der Waals surface area contributed by atoms with Crippen molar-refractivity contribution in [3.8, 4) is 0 Å². The van der Waals surface area contributed by atoms with E-state index in [4.69, 9.17) is 63.0 Å². The van der Waals surface area contributed by atoms with Crippen molar-refractivity contribution in [2.75, 3.05) is 32.9 Å². The minimum atomic E-state index is -0.0514. The third-order valence-electron chi connectivity index (χ3n) is 5.85. The topological polar surface area (TPSA) is 129 Å². The van der Waals surface area contributed by atoms with Crippen molar-refractivity contribution < 1.29 is 0 Å². The summed E-state index contributed by atoms with van der Waals surface area (Å²) in [6, 6.07) is -0.171. The zero-order chi connectivity index (χ0) is 30.6. The number of anilines is 4. The molecular formula is C23H32Cl5N13. The van der Waals surface area contributed by atoms with Crippen LogP contribution in [0.5, 0.6) is 0 Å². The van der Waals surface area contributed by atoms with Gasteiger partial charge in [0.05, 0.1) is 13.3 Å². The molecule has 0 fully saturated rings. The molecule has 0 saturated carbocycles. The maximum absolute atomic E-state index is 6.48. The van der Waals surface area contributed by atoms with Crippen LogP contribution in [-0.4, -0.2) is 82.4 Å². The molecule has 0 saturated heterocycles. The van der Waals surface area contributed by atoms with Crippen LogP contribution >= 0.6 is 58.0 Å². The van der Waals surface area contributed by atoms with Crippen LogP contribution in [0.15, 0.2) is 0 Å². The van der Waals surface area contributed by atoms with Gasteiger partial charge >= 0.3 is 0 Å². The van der Waals surface area contributed by atoms with E-state index >= 15 is 0 Å². The van der Waals surface area contributed by atoms with Gasteiger partial charge in [0.1, 0.15) is 0 Å². The zero-order valence-electron chi connectivity index (χ0n) is 23.9. The van der Waals surface area contributed by atoms with Crippen LogP contribution in [0.25, 0.3) is 0 Å². The maximum atomic E-state index is 6.48. The average Bonchev–Trinajstić information content (AvgIpc) is 2.82. The van der Waals surface area contributed by atoms with Crippen LogP contribution < -0.4 is 19.6 Å². The quantitative estimate of drug-likeness (QED) is 0.220. The fraction of sp³-hybridized carbons (Fsp3) is 0.609. The van der Waals surface area contributed by atoms with Crippen molar-refractivity contribution in [1.29, 1.82) is 0 Å². The molecule has 0 unspecified atom stereocenters. The standard InChI is InChI=1S/C23H32Cl5N13/c1-11(2)38(20-31-15(24)29-16(25)32-20)9-40(13(5)6)22-35-19(28)36-23(37-22)41(14(7)8)10-39(12(3)4)21-33-17(26)30-18(27)34-21/h11-14H,9-10H2,1-8H3.